The second-order valence-corrected chi connectivity index (χ2v) is 6.99. The molecule has 2 aliphatic rings. The number of aliphatic carboxylic acids is 1. The number of ether oxygens (including phenoxy) is 2. The van der Waals surface area contributed by atoms with E-state index in [1.54, 1.807) is 4.90 Å². The zero-order chi connectivity index (χ0) is 15.7. The smallest absolute Gasteiger partial charge is 0.410 e. The van der Waals surface area contributed by atoms with E-state index in [4.69, 9.17) is 14.6 Å². The van der Waals surface area contributed by atoms with Crippen LogP contribution in [0, 0.1) is 0 Å². The Morgan fingerprint density at radius 1 is 1.29 bits per heavy atom. The lowest BCUT2D eigenvalue weighted by atomic mass is 9.81. The molecule has 1 spiro atoms. The number of piperidine rings is 1. The molecule has 0 aromatic heterocycles. The second kappa shape index (κ2) is 5.83. The van der Waals surface area contributed by atoms with Gasteiger partial charge in [-0.25, -0.2) is 9.59 Å². The average molecular weight is 299 g/mol. The molecule has 21 heavy (non-hydrogen) atoms. The minimum absolute atomic E-state index is 0.281. The largest absolute Gasteiger partial charge is 0.479 e. The molecule has 0 aliphatic carbocycles. The minimum atomic E-state index is -0.926. The molecule has 2 fully saturated rings. The average Bonchev–Trinajstić information content (AvgIpc) is 2.37. The molecule has 1 N–H and O–H groups in total. The zero-order valence-corrected chi connectivity index (χ0v) is 13.1. The van der Waals surface area contributed by atoms with Crippen LogP contribution in [0.15, 0.2) is 0 Å². The highest BCUT2D eigenvalue weighted by Crippen LogP contribution is 2.37. The van der Waals surface area contributed by atoms with E-state index in [9.17, 15) is 9.59 Å². The fourth-order valence-corrected chi connectivity index (χ4v) is 3.11. The van der Waals surface area contributed by atoms with E-state index >= 15 is 0 Å². The van der Waals surface area contributed by atoms with Gasteiger partial charge in [-0.15, -0.1) is 0 Å². The van der Waals surface area contributed by atoms with Crippen LogP contribution < -0.4 is 0 Å². The number of hydrogen-bond donors (Lipinski definition) is 1. The summed E-state index contributed by atoms with van der Waals surface area (Å²) in [5.41, 5.74) is -0.929. The van der Waals surface area contributed by atoms with Gasteiger partial charge in [0.05, 0.1) is 12.1 Å². The monoisotopic (exact) mass is 299 g/mol. The first-order valence-corrected chi connectivity index (χ1v) is 7.59. The fourth-order valence-electron chi connectivity index (χ4n) is 3.11. The van der Waals surface area contributed by atoms with Gasteiger partial charge in [0.25, 0.3) is 0 Å². The highest BCUT2D eigenvalue weighted by Gasteiger charge is 2.47. The number of rotatable bonds is 1. The lowest BCUT2D eigenvalue weighted by molar-refractivity contribution is -0.162. The molecule has 1 amide bonds. The summed E-state index contributed by atoms with van der Waals surface area (Å²) in [5.74, 6) is -0.926. The van der Waals surface area contributed by atoms with Gasteiger partial charge in [0.2, 0.25) is 0 Å². The van der Waals surface area contributed by atoms with Crippen LogP contribution in [-0.4, -0.2) is 52.5 Å². The lowest BCUT2D eigenvalue weighted by Crippen LogP contribution is -2.61. The van der Waals surface area contributed by atoms with E-state index in [-0.39, 0.29) is 12.7 Å². The molecule has 2 saturated heterocycles. The summed E-state index contributed by atoms with van der Waals surface area (Å²) >= 11 is 0. The van der Waals surface area contributed by atoms with E-state index in [2.05, 4.69) is 0 Å². The summed E-state index contributed by atoms with van der Waals surface area (Å²) < 4.78 is 11.0. The van der Waals surface area contributed by atoms with Crippen LogP contribution in [0.3, 0.4) is 0 Å². The number of carbonyl (C=O) groups is 2. The summed E-state index contributed by atoms with van der Waals surface area (Å²) in [6.45, 7) is 6.47. The van der Waals surface area contributed by atoms with Gasteiger partial charge in [-0.1, -0.05) is 0 Å². The van der Waals surface area contributed by atoms with Crippen LogP contribution in [0.2, 0.25) is 0 Å². The molecule has 0 radical (unpaired) electrons. The van der Waals surface area contributed by atoms with Gasteiger partial charge in [-0.3, -0.25) is 0 Å². The Balaban J connectivity index is 2.09. The van der Waals surface area contributed by atoms with Crippen LogP contribution >= 0.6 is 0 Å². The first kappa shape index (κ1) is 16.1. The number of amides is 1. The van der Waals surface area contributed by atoms with E-state index in [1.807, 2.05) is 20.8 Å². The van der Waals surface area contributed by atoms with Crippen molar-refractivity contribution in [3.63, 3.8) is 0 Å². The molecule has 120 valence electrons. The van der Waals surface area contributed by atoms with Gasteiger partial charge < -0.3 is 19.5 Å². The molecule has 2 rings (SSSR count). The maximum absolute atomic E-state index is 12.4. The predicted octanol–water partition coefficient (Wildman–Crippen LogP) is 2.41. The maximum Gasteiger partial charge on any atom is 0.410 e. The highest BCUT2D eigenvalue weighted by atomic mass is 16.6. The number of carboxylic acid groups (broad SMARTS) is 1. The summed E-state index contributed by atoms with van der Waals surface area (Å²) in [6, 6.07) is 0. The van der Waals surface area contributed by atoms with Crippen molar-refractivity contribution < 1.29 is 24.2 Å². The molecule has 0 aromatic carbocycles. The number of nitrogens with zero attached hydrogens (tertiary/aromatic N) is 1. The molecular weight excluding hydrogens is 274 g/mol. The Kier molecular flexibility index (Phi) is 4.46. The van der Waals surface area contributed by atoms with Crippen molar-refractivity contribution in [3.05, 3.63) is 0 Å². The molecule has 2 atom stereocenters. The molecule has 0 bridgehead atoms. The summed E-state index contributed by atoms with van der Waals surface area (Å²) in [6.07, 6.45) is 2.85. The SMILES string of the molecule is CC(C)(C)OC(=O)N1CCCCC12CCC(C(=O)O)OC2. The van der Waals surface area contributed by atoms with Crippen molar-refractivity contribution in [1.29, 1.82) is 0 Å². The first-order valence-electron chi connectivity index (χ1n) is 7.59. The summed E-state index contributed by atoms with van der Waals surface area (Å²) in [7, 11) is 0. The van der Waals surface area contributed by atoms with Crippen LogP contribution in [0.1, 0.15) is 52.9 Å². The second-order valence-electron chi connectivity index (χ2n) is 6.99. The third kappa shape index (κ3) is 3.67. The Hall–Kier alpha value is -1.30. The number of likely N-dealkylation sites (tertiary alicyclic amines) is 1. The van der Waals surface area contributed by atoms with Crippen molar-refractivity contribution in [2.24, 2.45) is 0 Å². The van der Waals surface area contributed by atoms with Crippen LogP contribution in [-0.2, 0) is 14.3 Å². The van der Waals surface area contributed by atoms with E-state index in [0.717, 1.165) is 19.3 Å². The van der Waals surface area contributed by atoms with Crippen molar-refractivity contribution in [1.82, 2.24) is 4.90 Å². The Bertz CT molecular complexity index is 407. The number of carboxylic acids is 1. The number of hydrogen-bond acceptors (Lipinski definition) is 4. The van der Waals surface area contributed by atoms with Crippen molar-refractivity contribution in [3.8, 4) is 0 Å². The topological polar surface area (TPSA) is 76.1 Å². The van der Waals surface area contributed by atoms with Gasteiger partial charge in [-0.05, 0) is 52.9 Å². The minimum Gasteiger partial charge on any atom is -0.479 e. The quantitative estimate of drug-likeness (QED) is 0.804. The Morgan fingerprint density at radius 2 is 2.00 bits per heavy atom. The molecule has 6 heteroatoms. The molecule has 2 aliphatic heterocycles. The van der Waals surface area contributed by atoms with Gasteiger partial charge in [0.15, 0.2) is 6.10 Å². The molecule has 0 saturated carbocycles. The van der Waals surface area contributed by atoms with E-state index in [0.29, 0.717) is 19.4 Å². The van der Waals surface area contributed by atoms with E-state index in [1.165, 1.54) is 0 Å². The van der Waals surface area contributed by atoms with Crippen LogP contribution in [0.25, 0.3) is 0 Å². The van der Waals surface area contributed by atoms with Gasteiger partial charge in [0, 0.05) is 6.54 Å². The van der Waals surface area contributed by atoms with Crippen LogP contribution in [0.4, 0.5) is 4.79 Å². The highest BCUT2D eigenvalue weighted by molar-refractivity contribution is 5.73. The van der Waals surface area contributed by atoms with Crippen LogP contribution in [0.5, 0.6) is 0 Å². The Labute approximate surface area is 125 Å². The van der Waals surface area contributed by atoms with Gasteiger partial charge in [-0.2, -0.15) is 0 Å². The predicted molar refractivity (Wildman–Crippen MR) is 76.1 cm³/mol. The number of carbonyl (C=O) groups excluding carboxylic acids is 1. The standard InChI is InChI=1S/C15H25NO5/c1-14(2,3)21-13(19)16-9-5-4-7-15(16)8-6-11(12(17)18)20-10-15/h11H,4-10H2,1-3H3,(H,17,18). The summed E-state index contributed by atoms with van der Waals surface area (Å²) in [4.78, 5) is 25.2. The van der Waals surface area contributed by atoms with Crippen molar-refractivity contribution >= 4 is 12.1 Å². The normalized spacial score (nSPS) is 30.2. The fraction of sp³-hybridized carbons (Fsp3) is 0.867. The molecule has 0 aromatic rings. The van der Waals surface area contributed by atoms with Gasteiger partial charge in [0.1, 0.15) is 5.60 Å². The molecule has 2 unspecified atom stereocenters. The molecule has 2 heterocycles. The van der Waals surface area contributed by atoms with Crippen molar-refractivity contribution in [2.45, 2.75) is 70.1 Å². The maximum atomic E-state index is 12.4. The van der Waals surface area contributed by atoms with Gasteiger partial charge >= 0.3 is 12.1 Å². The summed E-state index contributed by atoms with van der Waals surface area (Å²) in [5, 5.41) is 9.02. The Morgan fingerprint density at radius 3 is 2.52 bits per heavy atom. The third-order valence-electron chi connectivity index (χ3n) is 4.16. The molecule has 6 nitrogen and oxygen atoms in total. The van der Waals surface area contributed by atoms with Crippen molar-refractivity contribution in [2.75, 3.05) is 13.2 Å². The van der Waals surface area contributed by atoms with E-state index < -0.39 is 23.2 Å². The first-order chi connectivity index (χ1) is 9.73. The lowest BCUT2D eigenvalue weighted by Gasteiger charge is -2.49. The molecular formula is C15H25NO5. The third-order valence-corrected chi connectivity index (χ3v) is 4.16. The zero-order valence-electron chi connectivity index (χ0n) is 13.1.